The van der Waals surface area contributed by atoms with E-state index in [1.807, 2.05) is 0 Å². The van der Waals surface area contributed by atoms with Crippen LogP contribution in [0.5, 0.6) is 5.75 Å². The van der Waals surface area contributed by atoms with Crippen molar-refractivity contribution in [3.63, 3.8) is 0 Å². The summed E-state index contributed by atoms with van der Waals surface area (Å²) in [5, 5.41) is 4.31. The Balaban J connectivity index is 1.94. The second-order valence-electron chi connectivity index (χ2n) is 6.01. The van der Waals surface area contributed by atoms with E-state index >= 15 is 0 Å². The van der Waals surface area contributed by atoms with Crippen molar-refractivity contribution in [3.05, 3.63) is 50.6 Å². The standard InChI is InChI=1S/C18H20BrN3O3S2/c1-11(2)7-8-25-14-6-5-12(19)10-13(14)16(23)20-18(26)22-21-17(24)15-4-3-9-27-15/h3-6,9-11H,7-8H2,1-2H3,(H,21,24)(H2,20,22,23,26). The first-order chi connectivity index (χ1) is 12.9. The van der Waals surface area contributed by atoms with E-state index in [4.69, 9.17) is 17.0 Å². The summed E-state index contributed by atoms with van der Waals surface area (Å²) in [6.45, 7) is 4.72. The van der Waals surface area contributed by atoms with Crippen LogP contribution in [0.15, 0.2) is 40.2 Å². The van der Waals surface area contributed by atoms with Crippen LogP contribution < -0.4 is 20.9 Å². The van der Waals surface area contributed by atoms with Crippen LogP contribution in [0, 0.1) is 5.92 Å². The third-order valence-electron chi connectivity index (χ3n) is 3.40. The van der Waals surface area contributed by atoms with E-state index in [-0.39, 0.29) is 11.0 Å². The molecular formula is C18H20BrN3O3S2. The van der Waals surface area contributed by atoms with Gasteiger partial charge in [-0.1, -0.05) is 35.8 Å². The predicted octanol–water partition coefficient (Wildman–Crippen LogP) is 3.88. The lowest BCUT2D eigenvalue weighted by Crippen LogP contribution is -2.48. The molecule has 1 heterocycles. The van der Waals surface area contributed by atoms with Gasteiger partial charge in [-0.15, -0.1) is 11.3 Å². The molecule has 2 rings (SSSR count). The Hall–Kier alpha value is -1.97. The number of carbonyl (C=O) groups is 2. The molecule has 1 aromatic heterocycles. The number of thiophene rings is 1. The number of hydrogen-bond acceptors (Lipinski definition) is 5. The second-order valence-corrected chi connectivity index (χ2v) is 8.28. The molecule has 0 bridgehead atoms. The molecule has 0 fully saturated rings. The lowest BCUT2D eigenvalue weighted by Gasteiger charge is -2.14. The zero-order chi connectivity index (χ0) is 19.8. The normalized spacial score (nSPS) is 10.4. The van der Waals surface area contributed by atoms with E-state index in [0.29, 0.717) is 28.7 Å². The van der Waals surface area contributed by atoms with E-state index in [1.165, 1.54) is 11.3 Å². The highest BCUT2D eigenvalue weighted by Crippen LogP contribution is 2.23. The maximum Gasteiger partial charge on any atom is 0.279 e. The van der Waals surface area contributed by atoms with Gasteiger partial charge in [0, 0.05) is 4.47 Å². The van der Waals surface area contributed by atoms with Crippen LogP contribution in [0.4, 0.5) is 0 Å². The number of hydrazine groups is 1. The number of nitrogens with one attached hydrogen (secondary N) is 3. The lowest BCUT2D eigenvalue weighted by atomic mass is 10.1. The van der Waals surface area contributed by atoms with Crippen LogP contribution in [-0.2, 0) is 0 Å². The van der Waals surface area contributed by atoms with E-state index < -0.39 is 5.91 Å². The molecule has 3 N–H and O–H groups in total. The summed E-state index contributed by atoms with van der Waals surface area (Å²) in [5.74, 6) is 0.212. The smallest absolute Gasteiger partial charge is 0.279 e. The Morgan fingerprint density at radius 1 is 1.22 bits per heavy atom. The number of benzene rings is 1. The molecule has 6 nitrogen and oxygen atoms in total. The molecule has 0 unspecified atom stereocenters. The monoisotopic (exact) mass is 469 g/mol. The maximum atomic E-state index is 12.5. The number of halogens is 1. The van der Waals surface area contributed by atoms with Crippen molar-refractivity contribution in [1.29, 1.82) is 0 Å². The summed E-state index contributed by atoms with van der Waals surface area (Å²) in [6, 6.07) is 8.65. The summed E-state index contributed by atoms with van der Waals surface area (Å²) in [5.41, 5.74) is 5.31. The van der Waals surface area contributed by atoms with Gasteiger partial charge in [-0.25, -0.2) is 0 Å². The average Bonchev–Trinajstić information content (AvgIpc) is 3.15. The van der Waals surface area contributed by atoms with Crippen molar-refractivity contribution in [2.75, 3.05) is 6.61 Å². The Morgan fingerprint density at radius 3 is 2.67 bits per heavy atom. The highest BCUT2D eigenvalue weighted by molar-refractivity contribution is 9.10. The molecule has 9 heteroatoms. The summed E-state index contributed by atoms with van der Waals surface area (Å²) in [7, 11) is 0. The van der Waals surface area contributed by atoms with Gasteiger partial charge in [0.25, 0.3) is 11.8 Å². The van der Waals surface area contributed by atoms with Gasteiger partial charge < -0.3 is 4.74 Å². The SMILES string of the molecule is CC(C)CCOc1ccc(Br)cc1C(=O)NC(=S)NNC(=O)c1cccs1. The van der Waals surface area contributed by atoms with Gasteiger partial charge in [0.1, 0.15) is 5.75 Å². The van der Waals surface area contributed by atoms with Gasteiger partial charge in [-0.2, -0.15) is 0 Å². The molecule has 1 aromatic carbocycles. The fourth-order valence-corrected chi connectivity index (χ4v) is 3.12. The first-order valence-electron chi connectivity index (χ1n) is 8.24. The Kier molecular flexibility index (Phi) is 8.21. The minimum Gasteiger partial charge on any atom is -0.493 e. The van der Waals surface area contributed by atoms with E-state index in [1.54, 1.807) is 35.7 Å². The van der Waals surface area contributed by atoms with Crippen LogP contribution in [-0.4, -0.2) is 23.5 Å². The van der Waals surface area contributed by atoms with Gasteiger partial charge in [-0.05, 0) is 54.2 Å². The minimum absolute atomic E-state index is 0.0157. The fraction of sp³-hybridized carbons (Fsp3) is 0.278. The van der Waals surface area contributed by atoms with Gasteiger partial charge >= 0.3 is 0 Å². The quantitative estimate of drug-likeness (QED) is 0.441. The number of hydrogen-bond donors (Lipinski definition) is 3. The fourth-order valence-electron chi connectivity index (χ4n) is 1.99. The lowest BCUT2D eigenvalue weighted by molar-refractivity contribution is 0.0936. The molecule has 144 valence electrons. The highest BCUT2D eigenvalue weighted by Gasteiger charge is 2.15. The first-order valence-corrected chi connectivity index (χ1v) is 10.3. The molecule has 0 saturated carbocycles. The van der Waals surface area contributed by atoms with E-state index in [0.717, 1.165) is 10.9 Å². The van der Waals surface area contributed by atoms with E-state index in [9.17, 15) is 9.59 Å². The third-order valence-corrected chi connectivity index (χ3v) is 4.97. The zero-order valence-electron chi connectivity index (χ0n) is 14.9. The summed E-state index contributed by atoms with van der Waals surface area (Å²) in [4.78, 5) is 25.0. The number of rotatable bonds is 6. The summed E-state index contributed by atoms with van der Waals surface area (Å²) < 4.78 is 6.48. The Morgan fingerprint density at radius 2 is 2.00 bits per heavy atom. The highest BCUT2D eigenvalue weighted by atomic mass is 79.9. The molecule has 2 amide bonds. The van der Waals surface area contributed by atoms with Crippen molar-refractivity contribution >= 4 is 56.4 Å². The summed E-state index contributed by atoms with van der Waals surface area (Å²) >= 11 is 9.73. The topological polar surface area (TPSA) is 79.5 Å². The Bertz CT molecular complexity index is 810. The van der Waals surface area contributed by atoms with Crippen molar-refractivity contribution in [2.24, 2.45) is 5.92 Å². The van der Waals surface area contributed by atoms with Gasteiger partial charge in [0.2, 0.25) is 0 Å². The van der Waals surface area contributed by atoms with Crippen molar-refractivity contribution in [3.8, 4) is 5.75 Å². The van der Waals surface area contributed by atoms with Crippen LogP contribution in [0.3, 0.4) is 0 Å². The molecule has 2 aromatic rings. The number of carbonyl (C=O) groups excluding carboxylic acids is 2. The summed E-state index contributed by atoms with van der Waals surface area (Å²) in [6.07, 6.45) is 0.881. The van der Waals surface area contributed by atoms with Gasteiger partial charge in [0.15, 0.2) is 5.11 Å². The molecule has 0 aliphatic heterocycles. The number of ether oxygens (including phenoxy) is 1. The molecule has 0 spiro atoms. The first kappa shape index (κ1) is 21.3. The van der Waals surface area contributed by atoms with Crippen LogP contribution in [0.1, 0.15) is 40.3 Å². The molecule has 0 saturated heterocycles. The average molecular weight is 470 g/mol. The molecular weight excluding hydrogens is 450 g/mol. The number of amides is 2. The van der Waals surface area contributed by atoms with Crippen LogP contribution in [0.25, 0.3) is 0 Å². The zero-order valence-corrected chi connectivity index (χ0v) is 18.1. The van der Waals surface area contributed by atoms with Crippen LogP contribution >= 0.6 is 39.5 Å². The third kappa shape index (κ3) is 6.93. The molecule has 0 atom stereocenters. The molecule has 0 aliphatic rings. The van der Waals surface area contributed by atoms with Gasteiger partial charge in [0.05, 0.1) is 17.0 Å². The second kappa shape index (κ2) is 10.4. The van der Waals surface area contributed by atoms with Crippen molar-refractivity contribution in [2.45, 2.75) is 20.3 Å². The number of thiocarbonyl (C=S) groups is 1. The van der Waals surface area contributed by atoms with Crippen molar-refractivity contribution < 1.29 is 14.3 Å². The largest absolute Gasteiger partial charge is 0.493 e. The molecule has 27 heavy (non-hydrogen) atoms. The van der Waals surface area contributed by atoms with E-state index in [2.05, 4.69) is 45.9 Å². The Labute approximate surface area is 175 Å². The molecule has 0 radical (unpaired) electrons. The minimum atomic E-state index is -0.432. The predicted molar refractivity (Wildman–Crippen MR) is 114 cm³/mol. The van der Waals surface area contributed by atoms with Gasteiger partial charge in [-0.3, -0.25) is 25.8 Å². The van der Waals surface area contributed by atoms with Crippen molar-refractivity contribution in [1.82, 2.24) is 16.2 Å². The molecule has 0 aliphatic carbocycles. The maximum absolute atomic E-state index is 12.5. The van der Waals surface area contributed by atoms with Crippen LogP contribution in [0.2, 0.25) is 0 Å².